The molecule has 1 atom stereocenters. The average molecular weight is 230 g/mol. The van der Waals surface area contributed by atoms with Crippen molar-refractivity contribution in [3.8, 4) is 5.75 Å². The van der Waals surface area contributed by atoms with Crippen molar-refractivity contribution in [2.24, 2.45) is 0 Å². The number of ether oxygens (including phenoxy) is 1. The van der Waals surface area contributed by atoms with E-state index in [0.717, 1.165) is 11.4 Å². The van der Waals surface area contributed by atoms with Crippen LogP contribution in [0.25, 0.3) is 0 Å². The highest BCUT2D eigenvalue weighted by molar-refractivity contribution is 6.30. The van der Waals surface area contributed by atoms with E-state index in [0.29, 0.717) is 18.0 Å². The first-order valence-corrected chi connectivity index (χ1v) is 5.26. The van der Waals surface area contributed by atoms with Gasteiger partial charge in [-0.1, -0.05) is 11.6 Å². The smallest absolute Gasteiger partial charge is 0.142 e. The Morgan fingerprint density at radius 3 is 2.87 bits per heavy atom. The number of hydrogen-bond acceptors (Lipinski definition) is 3. The van der Waals surface area contributed by atoms with E-state index in [1.54, 1.807) is 20.1 Å². The third-order valence-electron chi connectivity index (χ3n) is 2.04. The van der Waals surface area contributed by atoms with Crippen LogP contribution in [0.3, 0.4) is 0 Å². The van der Waals surface area contributed by atoms with Crippen LogP contribution in [0.5, 0.6) is 5.75 Å². The number of nitrogens with one attached hydrogen (secondary N) is 1. The molecule has 0 aliphatic heterocycles. The minimum atomic E-state index is -0.303. The van der Waals surface area contributed by atoms with E-state index >= 15 is 0 Å². The van der Waals surface area contributed by atoms with Crippen molar-refractivity contribution in [1.29, 1.82) is 0 Å². The Morgan fingerprint density at radius 2 is 2.27 bits per heavy atom. The van der Waals surface area contributed by atoms with E-state index in [9.17, 15) is 0 Å². The van der Waals surface area contributed by atoms with Crippen LogP contribution in [0.2, 0.25) is 5.02 Å². The first-order valence-electron chi connectivity index (χ1n) is 4.89. The number of aliphatic hydroxyl groups excluding tert-OH is 1. The third kappa shape index (κ3) is 3.98. The Labute approximate surface area is 95.0 Å². The van der Waals surface area contributed by atoms with Gasteiger partial charge in [0, 0.05) is 11.6 Å². The normalized spacial score (nSPS) is 12.3. The van der Waals surface area contributed by atoms with Crippen LogP contribution in [0, 0.1) is 0 Å². The fourth-order valence-electron chi connectivity index (χ4n) is 1.23. The van der Waals surface area contributed by atoms with Crippen molar-refractivity contribution in [2.75, 3.05) is 19.0 Å². The van der Waals surface area contributed by atoms with E-state index in [1.165, 1.54) is 0 Å². The van der Waals surface area contributed by atoms with Crippen molar-refractivity contribution >= 4 is 17.3 Å². The topological polar surface area (TPSA) is 41.5 Å². The SMILES string of the molecule is COc1ccc(Cl)cc1NCCC(C)O. The molecule has 1 aromatic carbocycles. The molecule has 0 saturated heterocycles. The molecule has 84 valence electrons. The summed E-state index contributed by atoms with van der Waals surface area (Å²) < 4.78 is 5.17. The molecular weight excluding hydrogens is 214 g/mol. The fourth-order valence-corrected chi connectivity index (χ4v) is 1.41. The van der Waals surface area contributed by atoms with Crippen LogP contribution in [0.15, 0.2) is 18.2 Å². The molecule has 0 spiro atoms. The molecule has 1 rings (SSSR count). The van der Waals surface area contributed by atoms with Gasteiger partial charge in [-0.3, -0.25) is 0 Å². The van der Waals surface area contributed by atoms with Gasteiger partial charge in [0.15, 0.2) is 0 Å². The molecule has 0 saturated carbocycles. The van der Waals surface area contributed by atoms with Crippen molar-refractivity contribution in [2.45, 2.75) is 19.4 Å². The maximum absolute atomic E-state index is 9.11. The zero-order valence-electron chi connectivity index (χ0n) is 8.96. The molecule has 0 amide bonds. The maximum Gasteiger partial charge on any atom is 0.142 e. The quantitative estimate of drug-likeness (QED) is 0.815. The highest BCUT2D eigenvalue weighted by Gasteiger charge is 2.03. The van der Waals surface area contributed by atoms with Crippen LogP contribution in [-0.4, -0.2) is 24.9 Å². The summed E-state index contributed by atoms with van der Waals surface area (Å²) in [5.41, 5.74) is 0.852. The zero-order valence-corrected chi connectivity index (χ0v) is 9.71. The first kappa shape index (κ1) is 12.1. The predicted octanol–water partition coefficient (Wildman–Crippen LogP) is 2.53. The molecule has 0 bridgehead atoms. The number of anilines is 1. The maximum atomic E-state index is 9.11. The Balaban J connectivity index is 2.62. The van der Waals surface area contributed by atoms with Crippen LogP contribution in [-0.2, 0) is 0 Å². The monoisotopic (exact) mass is 229 g/mol. The van der Waals surface area contributed by atoms with Crippen LogP contribution >= 0.6 is 11.6 Å². The van der Waals surface area contributed by atoms with Crippen LogP contribution in [0.1, 0.15) is 13.3 Å². The molecule has 3 nitrogen and oxygen atoms in total. The average Bonchev–Trinajstić information content (AvgIpc) is 2.17. The molecular formula is C11H16ClNO2. The highest BCUT2D eigenvalue weighted by atomic mass is 35.5. The molecule has 4 heteroatoms. The van der Waals surface area contributed by atoms with E-state index in [-0.39, 0.29) is 6.10 Å². The van der Waals surface area contributed by atoms with Gasteiger partial charge in [0.2, 0.25) is 0 Å². The number of aliphatic hydroxyl groups is 1. The fraction of sp³-hybridized carbons (Fsp3) is 0.455. The van der Waals surface area contributed by atoms with Crippen LogP contribution < -0.4 is 10.1 Å². The second-order valence-electron chi connectivity index (χ2n) is 3.41. The molecule has 0 aromatic heterocycles. The van der Waals surface area contributed by atoms with Crippen molar-refractivity contribution < 1.29 is 9.84 Å². The van der Waals surface area contributed by atoms with Crippen molar-refractivity contribution in [3.05, 3.63) is 23.2 Å². The van der Waals surface area contributed by atoms with E-state index in [1.807, 2.05) is 12.1 Å². The highest BCUT2D eigenvalue weighted by Crippen LogP contribution is 2.27. The standard InChI is InChI=1S/C11H16ClNO2/c1-8(14)5-6-13-10-7-9(12)3-4-11(10)15-2/h3-4,7-8,13-14H,5-6H2,1-2H3. The Hall–Kier alpha value is -0.930. The molecule has 0 radical (unpaired) electrons. The van der Waals surface area contributed by atoms with Gasteiger partial charge in [-0.25, -0.2) is 0 Å². The van der Waals surface area contributed by atoms with E-state index < -0.39 is 0 Å². The molecule has 0 heterocycles. The number of halogens is 1. The van der Waals surface area contributed by atoms with Gasteiger partial charge in [-0.15, -0.1) is 0 Å². The second kappa shape index (κ2) is 5.83. The molecule has 1 aromatic rings. The molecule has 2 N–H and O–H groups in total. The van der Waals surface area contributed by atoms with Gasteiger partial charge in [0.1, 0.15) is 5.75 Å². The minimum Gasteiger partial charge on any atom is -0.495 e. The van der Waals surface area contributed by atoms with E-state index in [4.69, 9.17) is 21.4 Å². The first-order chi connectivity index (χ1) is 7.13. The minimum absolute atomic E-state index is 0.303. The lowest BCUT2D eigenvalue weighted by Gasteiger charge is -2.12. The number of methoxy groups -OCH3 is 1. The third-order valence-corrected chi connectivity index (χ3v) is 2.27. The summed E-state index contributed by atoms with van der Waals surface area (Å²) in [6.45, 7) is 2.45. The molecule has 15 heavy (non-hydrogen) atoms. The van der Waals surface area contributed by atoms with Crippen LogP contribution in [0.4, 0.5) is 5.69 Å². The second-order valence-corrected chi connectivity index (χ2v) is 3.85. The lowest BCUT2D eigenvalue weighted by atomic mass is 10.2. The zero-order chi connectivity index (χ0) is 11.3. The van der Waals surface area contributed by atoms with Gasteiger partial charge in [-0.05, 0) is 31.5 Å². The number of benzene rings is 1. The Morgan fingerprint density at radius 1 is 1.53 bits per heavy atom. The molecule has 0 aliphatic rings. The van der Waals surface area contributed by atoms with E-state index in [2.05, 4.69) is 5.32 Å². The number of rotatable bonds is 5. The largest absolute Gasteiger partial charge is 0.495 e. The summed E-state index contributed by atoms with van der Waals surface area (Å²) in [6, 6.07) is 5.40. The lowest BCUT2D eigenvalue weighted by molar-refractivity contribution is 0.188. The molecule has 0 fully saturated rings. The van der Waals surface area contributed by atoms with Gasteiger partial charge < -0.3 is 15.2 Å². The predicted molar refractivity (Wildman–Crippen MR) is 62.8 cm³/mol. The Bertz CT molecular complexity index is 315. The Kier molecular flexibility index (Phi) is 4.72. The lowest BCUT2D eigenvalue weighted by Crippen LogP contribution is -2.10. The van der Waals surface area contributed by atoms with Gasteiger partial charge in [-0.2, -0.15) is 0 Å². The van der Waals surface area contributed by atoms with Gasteiger partial charge in [0.05, 0.1) is 18.9 Å². The molecule has 1 unspecified atom stereocenters. The molecule has 0 aliphatic carbocycles. The van der Waals surface area contributed by atoms with Crippen molar-refractivity contribution in [1.82, 2.24) is 0 Å². The summed E-state index contributed by atoms with van der Waals surface area (Å²) in [7, 11) is 1.61. The van der Waals surface area contributed by atoms with Gasteiger partial charge >= 0.3 is 0 Å². The van der Waals surface area contributed by atoms with Crippen molar-refractivity contribution in [3.63, 3.8) is 0 Å². The summed E-state index contributed by atoms with van der Waals surface area (Å²) in [4.78, 5) is 0. The van der Waals surface area contributed by atoms with Gasteiger partial charge in [0.25, 0.3) is 0 Å². The summed E-state index contributed by atoms with van der Waals surface area (Å²) in [5, 5.41) is 12.9. The summed E-state index contributed by atoms with van der Waals surface area (Å²) >= 11 is 5.87. The number of hydrogen-bond donors (Lipinski definition) is 2. The summed E-state index contributed by atoms with van der Waals surface area (Å²) in [5.74, 6) is 0.755. The summed E-state index contributed by atoms with van der Waals surface area (Å²) in [6.07, 6.45) is 0.387.